The molecule has 1 atom stereocenters. The Hall–Kier alpha value is -0.610. The average molecular weight is 270 g/mol. The lowest BCUT2D eigenvalue weighted by Crippen LogP contribution is -2.42. The maximum absolute atomic E-state index is 11.7. The normalized spacial score (nSPS) is 20.4. The average Bonchev–Trinajstić information content (AvgIpc) is 2.40. The number of nitrogens with zero attached hydrogens (tertiary/aromatic N) is 1. The third-order valence-corrected chi connectivity index (χ3v) is 3.58. The molecule has 0 bridgehead atoms. The standard InChI is InChI=1S/C15H30N2O2/c1-3-5-10-19-15(18)13-17-9-6-7-14(12-17)11-16-8-4-2/h14,16H,3-13H2,1-2H3. The summed E-state index contributed by atoms with van der Waals surface area (Å²) in [6, 6.07) is 0. The number of piperidine rings is 1. The summed E-state index contributed by atoms with van der Waals surface area (Å²) in [4.78, 5) is 13.9. The van der Waals surface area contributed by atoms with Crippen LogP contribution in [0, 0.1) is 5.92 Å². The van der Waals surface area contributed by atoms with Crippen LogP contribution in [0.4, 0.5) is 0 Å². The fraction of sp³-hybridized carbons (Fsp3) is 0.933. The zero-order chi connectivity index (χ0) is 13.9. The molecule has 1 rings (SSSR count). The molecule has 19 heavy (non-hydrogen) atoms. The fourth-order valence-electron chi connectivity index (χ4n) is 2.50. The van der Waals surface area contributed by atoms with Crippen LogP contribution in [0.2, 0.25) is 0 Å². The van der Waals surface area contributed by atoms with Crippen molar-refractivity contribution in [2.24, 2.45) is 5.92 Å². The van der Waals surface area contributed by atoms with Gasteiger partial charge in [0.25, 0.3) is 0 Å². The predicted molar refractivity (Wildman–Crippen MR) is 78.2 cm³/mol. The smallest absolute Gasteiger partial charge is 0.320 e. The summed E-state index contributed by atoms with van der Waals surface area (Å²) >= 11 is 0. The third-order valence-electron chi connectivity index (χ3n) is 3.58. The molecule has 0 saturated carbocycles. The van der Waals surface area contributed by atoms with Crippen LogP contribution in [0.3, 0.4) is 0 Å². The van der Waals surface area contributed by atoms with E-state index >= 15 is 0 Å². The Balaban J connectivity index is 2.16. The molecule has 1 unspecified atom stereocenters. The Labute approximate surface area is 117 Å². The van der Waals surface area contributed by atoms with Gasteiger partial charge in [0.1, 0.15) is 0 Å². The summed E-state index contributed by atoms with van der Waals surface area (Å²) in [6.45, 7) is 9.56. The number of unbranched alkanes of at least 4 members (excludes halogenated alkanes) is 1. The van der Waals surface area contributed by atoms with Crippen molar-refractivity contribution in [1.29, 1.82) is 0 Å². The maximum Gasteiger partial charge on any atom is 0.320 e. The van der Waals surface area contributed by atoms with Gasteiger partial charge in [-0.15, -0.1) is 0 Å². The van der Waals surface area contributed by atoms with E-state index in [1.54, 1.807) is 0 Å². The van der Waals surface area contributed by atoms with E-state index in [2.05, 4.69) is 24.1 Å². The van der Waals surface area contributed by atoms with Crippen molar-refractivity contribution in [2.45, 2.75) is 46.0 Å². The first kappa shape index (κ1) is 16.4. The third kappa shape index (κ3) is 7.53. The zero-order valence-corrected chi connectivity index (χ0v) is 12.6. The monoisotopic (exact) mass is 270 g/mol. The summed E-state index contributed by atoms with van der Waals surface area (Å²) in [5, 5.41) is 3.48. The van der Waals surface area contributed by atoms with Crippen LogP contribution >= 0.6 is 0 Å². The van der Waals surface area contributed by atoms with E-state index in [-0.39, 0.29) is 5.97 Å². The lowest BCUT2D eigenvalue weighted by atomic mass is 9.98. The lowest BCUT2D eigenvalue weighted by Gasteiger charge is -2.32. The summed E-state index contributed by atoms with van der Waals surface area (Å²) < 4.78 is 5.22. The number of esters is 1. The van der Waals surface area contributed by atoms with Gasteiger partial charge in [-0.2, -0.15) is 0 Å². The summed E-state index contributed by atoms with van der Waals surface area (Å²) in [7, 11) is 0. The Kier molecular flexibility index (Phi) is 8.84. The minimum Gasteiger partial charge on any atom is -0.465 e. The molecule has 1 fully saturated rings. The first-order valence-electron chi connectivity index (χ1n) is 7.85. The Morgan fingerprint density at radius 2 is 2.21 bits per heavy atom. The lowest BCUT2D eigenvalue weighted by molar-refractivity contribution is -0.145. The molecule has 1 aliphatic heterocycles. The largest absolute Gasteiger partial charge is 0.465 e. The molecular formula is C15H30N2O2. The second-order valence-electron chi connectivity index (χ2n) is 5.52. The van der Waals surface area contributed by atoms with Crippen LogP contribution in [0.25, 0.3) is 0 Å². The van der Waals surface area contributed by atoms with E-state index in [0.29, 0.717) is 19.1 Å². The van der Waals surface area contributed by atoms with Crippen LogP contribution in [-0.2, 0) is 9.53 Å². The molecule has 0 radical (unpaired) electrons. The summed E-state index contributed by atoms with van der Waals surface area (Å²) in [5.41, 5.74) is 0. The second-order valence-corrected chi connectivity index (χ2v) is 5.52. The first-order chi connectivity index (χ1) is 9.26. The van der Waals surface area contributed by atoms with E-state index in [4.69, 9.17) is 4.74 Å². The van der Waals surface area contributed by atoms with Crippen molar-refractivity contribution in [3.8, 4) is 0 Å². The van der Waals surface area contributed by atoms with Gasteiger partial charge in [-0.25, -0.2) is 0 Å². The van der Waals surface area contributed by atoms with E-state index in [0.717, 1.165) is 39.0 Å². The van der Waals surface area contributed by atoms with Gasteiger partial charge in [-0.3, -0.25) is 9.69 Å². The molecule has 1 N–H and O–H groups in total. The van der Waals surface area contributed by atoms with Gasteiger partial charge in [0, 0.05) is 6.54 Å². The fourth-order valence-corrected chi connectivity index (χ4v) is 2.50. The van der Waals surface area contributed by atoms with Crippen molar-refractivity contribution in [3.05, 3.63) is 0 Å². The Bertz CT molecular complexity index is 246. The van der Waals surface area contributed by atoms with Crippen LogP contribution in [0.5, 0.6) is 0 Å². The predicted octanol–water partition coefficient (Wildman–Crippen LogP) is 2.04. The minimum atomic E-state index is -0.0596. The molecular weight excluding hydrogens is 240 g/mol. The highest BCUT2D eigenvalue weighted by molar-refractivity contribution is 5.71. The van der Waals surface area contributed by atoms with Crippen LogP contribution in [0.1, 0.15) is 46.0 Å². The quantitative estimate of drug-likeness (QED) is 0.514. The molecule has 0 aliphatic carbocycles. The SMILES string of the molecule is CCCCOC(=O)CN1CCCC(CNCCC)C1. The highest BCUT2D eigenvalue weighted by Crippen LogP contribution is 2.15. The number of hydrogen-bond donors (Lipinski definition) is 1. The number of carbonyl (C=O) groups excluding carboxylic acids is 1. The van der Waals surface area contributed by atoms with Gasteiger partial charge in [-0.05, 0) is 51.2 Å². The number of carbonyl (C=O) groups is 1. The summed E-state index contributed by atoms with van der Waals surface area (Å²) in [6.07, 6.45) is 5.69. The van der Waals surface area contributed by atoms with Gasteiger partial charge < -0.3 is 10.1 Å². The summed E-state index contributed by atoms with van der Waals surface area (Å²) in [5.74, 6) is 0.624. The molecule has 1 aliphatic rings. The van der Waals surface area contributed by atoms with Gasteiger partial charge in [0.2, 0.25) is 0 Å². The van der Waals surface area contributed by atoms with Gasteiger partial charge >= 0.3 is 5.97 Å². The first-order valence-corrected chi connectivity index (χ1v) is 7.85. The minimum absolute atomic E-state index is 0.0596. The van der Waals surface area contributed by atoms with Crippen molar-refractivity contribution < 1.29 is 9.53 Å². The second kappa shape index (κ2) is 10.2. The van der Waals surface area contributed by atoms with Gasteiger partial charge in [-0.1, -0.05) is 20.3 Å². The van der Waals surface area contributed by atoms with Crippen molar-refractivity contribution >= 4 is 5.97 Å². The molecule has 0 amide bonds. The molecule has 112 valence electrons. The van der Waals surface area contributed by atoms with Crippen LogP contribution in [0.15, 0.2) is 0 Å². The van der Waals surface area contributed by atoms with E-state index in [9.17, 15) is 4.79 Å². The highest BCUT2D eigenvalue weighted by atomic mass is 16.5. The zero-order valence-electron chi connectivity index (χ0n) is 12.6. The number of hydrogen-bond acceptors (Lipinski definition) is 4. The molecule has 1 saturated heterocycles. The number of nitrogens with one attached hydrogen (secondary N) is 1. The van der Waals surface area contributed by atoms with E-state index < -0.39 is 0 Å². The number of rotatable bonds is 9. The van der Waals surface area contributed by atoms with Gasteiger partial charge in [0.05, 0.1) is 13.2 Å². The van der Waals surface area contributed by atoms with Crippen molar-refractivity contribution in [2.75, 3.05) is 39.3 Å². The highest BCUT2D eigenvalue weighted by Gasteiger charge is 2.21. The molecule has 4 heteroatoms. The molecule has 0 aromatic carbocycles. The van der Waals surface area contributed by atoms with Crippen molar-refractivity contribution in [1.82, 2.24) is 10.2 Å². The number of likely N-dealkylation sites (tertiary alicyclic amines) is 1. The maximum atomic E-state index is 11.7. The van der Waals surface area contributed by atoms with Crippen LogP contribution < -0.4 is 5.32 Å². The Morgan fingerprint density at radius 1 is 1.37 bits per heavy atom. The molecule has 0 spiro atoms. The topological polar surface area (TPSA) is 41.6 Å². The van der Waals surface area contributed by atoms with Crippen LogP contribution in [-0.4, -0.2) is 50.2 Å². The number of ether oxygens (including phenoxy) is 1. The molecule has 0 aromatic rings. The van der Waals surface area contributed by atoms with Crippen molar-refractivity contribution in [3.63, 3.8) is 0 Å². The van der Waals surface area contributed by atoms with Gasteiger partial charge in [0.15, 0.2) is 0 Å². The molecule has 1 heterocycles. The molecule has 0 aromatic heterocycles. The van der Waals surface area contributed by atoms with E-state index in [1.165, 1.54) is 19.3 Å². The van der Waals surface area contributed by atoms with E-state index in [1.807, 2.05) is 0 Å². The molecule has 4 nitrogen and oxygen atoms in total. The Morgan fingerprint density at radius 3 is 2.95 bits per heavy atom.